The van der Waals surface area contributed by atoms with E-state index in [0.29, 0.717) is 17.0 Å². The van der Waals surface area contributed by atoms with Gasteiger partial charge in [-0.1, -0.05) is 6.92 Å². The molecule has 7 heteroatoms. The van der Waals surface area contributed by atoms with Crippen molar-refractivity contribution in [1.29, 1.82) is 0 Å². The molecule has 0 saturated heterocycles. The summed E-state index contributed by atoms with van der Waals surface area (Å²) in [7, 11) is 1.68. The smallest absolute Gasteiger partial charge is 0.264 e. The van der Waals surface area contributed by atoms with Crippen molar-refractivity contribution >= 4 is 28.8 Å². The standard InChI is InChI=1S/C16H17N3O3S/c1-3-11(16-17-6-7-23-16)18-15(21)10-4-5-13-12(8-10)19(2)14(20)9-22-13/h4-8,11H,3,9H2,1-2H3,(H,18,21)/t11-/m0/s1. The van der Waals surface area contributed by atoms with Gasteiger partial charge in [-0.3, -0.25) is 9.59 Å². The van der Waals surface area contributed by atoms with E-state index in [9.17, 15) is 9.59 Å². The molecule has 2 aromatic rings. The third-order valence-electron chi connectivity index (χ3n) is 3.77. The fourth-order valence-electron chi connectivity index (χ4n) is 2.40. The molecule has 0 spiro atoms. The van der Waals surface area contributed by atoms with E-state index in [1.165, 1.54) is 16.2 Å². The third-order valence-corrected chi connectivity index (χ3v) is 4.66. The predicted molar refractivity (Wildman–Crippen MR) is 88.0 cm³/mol. The molecular formula is C16H17N3O3S. The number of ether oxygens (including phenoxy) is 1. The van der Waals surface area contributed by atoms with Crippen LogP contribution in [0.2, 0.25) is 0 Å². The number of carbonyl (C=O) groups is 2. The monoisotopic (exact) mass is 331 g/mol. The van der Waals surface area contributed by atoms with Crippen LogP contribution in [0.15, 0.2) is 29.8 Å². The molecule has 1 aromatic carbocycles. The normalized spacial score (nSPS) is 14.9. The Balaban J connectivity index is 1.81. The van der Waals surface area contributed by atoms with Gasteiger partial charge in [-0.25, -0.2) is 4.98 Å². The first-order valence-electron chi connectivity index (χ1n) is 7.33. The first-order chi connectivity index (χ1) is 11.1. The molecule has 2 heterocycles. The van der Waals surface area contributed by atoms with E-state index in [0.717, 1.165) is 11.4 Å². The Morgan fingerprint density at radius 1 is 1.52 bits per heavy atom. The molecule has 3 rings (SSSR count). The van der Waals surface area contributed by atoms with Gasteiger partial charge in [-0.05, 0) is 24.6 Å². The van der Waals surface area contributed by atoms with Crippen molar-refractivity contribution in [3.05, 3.63) is 40.3 Å². The predicted octanol–water partition coefficient (Wildman–Crippen LogP) is 2.38. The second kappa shape index (κ2) is 6.37. The summed E-state index contributed by atoms with van der Waals surface area (Å²) >= 11 is 1.52. The SMILES string of the molecule is CC[C@H](NC(=O)c1ccc2c(c1)N(C)C(=O)CO2)c1nccs1. The van der Waals surface area contributed by atoms with Crippen molar-refractivity contribution in [3.63, 3.8) is 0 Å². The highest BCUT2D eigenvalue weighted by atomic mass is 32.1. The largest absolute Gasteiger partial charge is 0.482 e. The third kappa shape index (κ3) is 3.05. The number of anilines is 1. The molecule has 1 atom stereocenters. The van der Waals surface area contributed by atoms with Gasteiger partial charge in [0.1, 0.15) is 10.8 Å². The molecule has 2 amide bonds. The van der Waals surface area contributed by atoms with Crippen LogP contribution in [-0.4, -0.2) is 30.5 Å². The molecule has 0 aliphatic carbocycles. The maximum atomic E-state index is 12.5. The summed E-state index contributed by atoms with van der Waals surface area (Å²) in [5.74, 6) is 0.279. The van der Waals surface area contributed by atoms with Crippen LogP contribution in [0, 0.1) is 0 Å². The molecule has 6 nitrogen and oxygen atoms in total. The quantitative estimate of drug-likeness (QED) is 0.934. The van der Waals surface area contributed by atoms with Gasteiger partial charge in [-0.15, -0.1) is 11.3 Å². The van der Waals surface area contributed by atoms with Gasteiger partial charge in [-0.2, -0.15) is 0 Å². The highest BCUT2D eigenvalue weighted by Crippen LogP contribution is 2.32. The molecule has 1 aromatic heterocycles. The van der Waals surface area contributed by atoms with E-state index in [4.69, 9.17) is 4.74 Å². The molecular weight excluding hydrogens is 314 g/mol. The van der Waals surface area contributed by atoms with Crippen LogP contribution < -0.4 is 15.0 Å². The minimum atomic E-state index is -0.193. The molecule has 1 N–H and O–H groups in total. The number of fused-ring (bicyclic) bond motifs is 1. The average Bonchev–Trinajstić information content (AvgIpc) is 3.10. The minimum Gasteiger partial charge on any atom is -0.482 e. The van der Waals surface area contributed by atoms with Crippen molar-refractivity contribution in [2.45, 2.75) is 19.4 Å². The van der Waals surface area contributed by atoms with Gasteiger partial charge < -0.3 is 15.0 Å². The van der Waals surface area contributed by atoms with Crippen LogP contribution in [-0.2, 0) is 4.79 Å². The van der Waals surface area contributed by atoms with Crippen LogP contribution in [0.1, 0.15) is 34.8 Å². The zero-order valence-corrected chi connectivity index (χ0v) is 13.7. The second-order valence-electron chi connectivity index (χ2n) is 5.23. The fraction of sp³-hybridized carbons (Fsp3) is 0.312. The maximum absolute atomic E-state index is 12.5. The van der Waals surface area contributed by atoms with E-state index in [2.05, 4.69) is 10.3 Å². The number of thiazole rings is 1. The highest BCUT2D eigenvalue weighted by molar-refractivity contribution is 7.09. The molecule has 23 heavy (non-hydrogen) atoms. The number of nitrogens with one attached hydrogen (secondary N) is 1. The van der Waals surface area contributed by atoms with Crippen molar-refractivity contribution < 1.29 is 14.3 Å². The lowest BCUT2D eigenvalue weighted by atomic mass is 10.1. The Morgan fingerprint density at radius 3 is 3.04 bits per heavy atom. The minimum absolute atomic E-state index is 0.0248. The topological polar surface area (TPSA) is 71.5 Å². The summed E-state index contributed by atoms with van der Waals surface area (Å²) in [4.78, 5) is 30.0. The summed E-state index contributed by atoms with van der Waals surface area (Å²) in [6.45, 7) is 2.02. The van der Waals surface area contributed by atoms with Gasteiger partial charge in [0.15, 0.2) is 6.61 Å². The van der Waals surface area contributed by atoms with E-state index in [-0.39, 0.29) is 24.5 Å². The van der Waals surface area contributed by atoms with E-state index >= 15 is 0 Å². The zero-order valence-electron chi connectivity index (χ0n) is 12.9. The Bertz CT molecular complexity index is 730. The van der Waals surface area contributed by atoms with Gasteiger partial charge in [0, 0.05) is 24.2 Å². The summed E-state index contributed by atoms with van der Waals surface area (Å²) in [6.07, 6.45) is 2.48. The molecule has 0 unspecified atom stereocenters. The number of hydrogen-bond acceptors (Lipinski definition) is 5. The van der Waals surface area contributed by atoms with E-state index < -0.39 is 0 Å². The molecule has 120 valence electrons. The molecule has 0 fully saturated rings. The number of benzene rings is 1. The number of likely N-dealkylation sites (N-methyl/N-ethyl adjacent to an activating group) is 1. The molecule has 0 saturated carbocycles. The van der Waals surface area contributed by atoms with Crippen molar-refractivity contribution in [1.82, 2.24) is 10.3 Å². The van der Waals surface area contributed by atoms with E-state index in [1.54, 1.807) is 31.4 Å². The molecule has 1 aliphatic heterocycles. The number of rotatable bonds is 4. The number of aromatic nitrogens is 1. The second-order valence-corrected chi connectivity index (χ2v) is 6.15. The Labute approximate surface area is 138 Å². The summed E-state index contributed by atoms with van der Waals surface area (Å²) < 4.78 is 5.37. The Morgan fingerprint density at radius 2 is 2.35 bits per heavy atom. The number of carbonyl (C=O) groups excluding carboxylic acids is 2. The maximum Gasteiger partial charge on any atom is 0.264 e. The average molecular weight is 331 g/mol. The molecule has 0 bridgehead atoms. The van der Waals surface area contributed by atoms with Crippen molar-refractivity contribution in [3.8, 4) is 5.75 Å². The lowest BCUT2D eigenvalue weighted by Gasteiger charge is -2.26. The summed E-state index contributed by atoms with van der Waals surface area (Å²) in [5.41, 5.74) is 1.10. The highest BCUT2D eigenvalue weighted by Gasteiger charge is 2.24. The van der Waals surface area contributed by atoms with Gasteiger partial charge in [0.25, 0.3) is 11.8 Å². The summed E-state index contributed by atoms with van der Waals surface area (Å²) in [5, 5.41) is 5.76. The van der Waals surface area contributed by atoms with Crippen LogP contribution in [0.3, 0.4) is 0 Å². The molecule has 0 radical (unpaired) electrons. The summed E-state index contributed by atoms with van der Waals surface area (Å²) in [6, 6.07) is 4.98. The number of hydrogen-bond donors (Lipinski definition) is 1. The van der Waals surface area contributed by atoms with Crippen LogP contribution in [0.5, 0.6) is 5.75 Å². The van der Waals surface area contributed by atoms with Crippen LogP contribution in [0.4, 0.5) is 5.69 Å². The van der Waals surface area contributed by atoms with E-state index in [1.807, 2.05) is 12.3 Å². The van der Waals surface area contributed by atoms with Gasteiger partial charge >= 0.3 is 0 Å². The van der Waals surface area contributed by atoms with Crippen LogP contribution >= 0.6 is 11.3 Å². The first kappa shape index (κ1) is 15.5. The van der Waals surface area contributed by atoms with Crippen molar-refractivity contribution in [2.75, 3.05) is 18.6 Å². The lowest BCUT2D eigenvalue weighted by Crippen LogP contribution is -2.36. The van der Waals surface area contributed by atoms with Crippen molar-refractivity contribution in [2.24, 2.45) is 0 Å². The van der Waals surface area contributed by atoms with Gasteiger partial charge in [0.2, 0.25) is 0 Å². The lowest BCUT2D eigenvalue weighted by molar-refractivity contribution is -0.120. The first-order valence-corrected chi connectivity index (χ1v) is 8.21. The van der Waals surface area contributed by atoms with Crippen LogP contribution in [0.25, 0.3) is 0 Å². The number of amides is 2. The van der Waals surface area contributed by atoms with Gasteiger partial charge in [0.05, 0.1) is 11.7 Å². The molecule has 1 aliphatic rings. The number of nitrogens with zero attached hydrogens (tertiary/aromatic N) is 2. The zero-order chi connectivity index (χ0) is 16.4. The fourth-order valence-corrected chi connectivity index (χ4v) is 3.17. The Hall–Kier alpha value is -2.41. The Kier molecular flexibility index (Phi) is 4.29.